The fraction of sp³-hybridized carbons (Fsp3) is 0.364. The van der Waals surface area contributed by atoms with Gasteiger partial charge in [0.25, 0.3) is 0 Å². The molecular weight excluding hydrogens is 180 g/mol. The number of epoxide rings is 1. The lowest BCUT2D eigenvalue weighted by atomic mass is 9.96. The van der Waals surface area contributed by atoms with Gasteiger partial charge >= 0.3 is 5.97 Å². The summed E-state index contributed by atoms with van der Waals surface area (Å²) in [5.74, 6) is -0.486. The Kier molecular flexibility index (Phi) is 2.50. The highest BCUT2D eigenvalue weighted by molar-refractivity contribution is 5.79. The summed E-state index contributed by atoms with van der Waals surface area (Å²) in [4.78, 5) is 11.5. The largest absolute Gasteiger partial charge is 0.468 e. The van der Waals surface area contributed by atoms with E-state index in [1.165, 1.54) is 7.11 Å². The Morgan fingerprint density at radius 3 is 2.64 bits per heavy atom. The van der Waals surface area contributed by atoms with Crippen molar-refractivity contribution in [1.82, 2.24) is 0 Å². The zero-order valence-electron chi connectivity index (χ0n) is 7.97. The van der Waals surface area contributed by atoms with E-state index in [9.17, 15) is 4.79 Å². The van der Waals surface area contributed by atoms with Gasteiger partial charge in [-0.1, -0.05) is 30.3 Å². The first-order valence-electron chi connectivity index (χ1n) is 4.57. The number of carbonyl (C=O) groups is 1. The average Bonchev–Trinajstić information content (AvgIpc) is 3.04. The van der Waals surface area contributed by atoms with Gasteiger partial charge in [-0.25, -0.2) is 0 Å². The second kappa shape index (κ2) is 3.80. The molecular formula is C11H12O3. The maximum atomic E-state index is 11.5. The maximum Gasteiger partial charge on any atom is 0.315 e. The van der Waals surface area contributed by atoms with E-state index < -0.39 is 0 Å². The Hall–Kier alpha value is -1.35. The Balaban J connectivity index is 2.22. The minimum atomic E-state index is -0.263. The topological polar surface area (TPSA) is 38.8 Å². The van der Waals surface area contributed by atoms with Crippen LogP contribution in [0.25, 0.3) is 0 Å². The lowest BCUT2D eigenvalue weighted by molar-refractivity contribution is -0.142. The summed E-state index contributed by atoms with van der Waals surface area (Å²) in [6, 6.07) is 9.58. The van der Waals surface area contributed by atoms with Gasteiger partial charge in [0.2, 0.25) is 0 Å². The van der Waals surface area contributed by atoms with E-state index in [2.05, 4.69) is 0 Å². The average molecular weight is 192 g/mol. The van der Waals surface area contributed by atoms with Crippen LogP contribution in [0.15, 0.2) is 30.3 Å². The molecule has 3 nitrogen and oxygen atoms in total. The summed E-state index contributed by atoms with van der Waals surface area (Å²) >= 11 is 0. The van der Waals surface area contributed by atoms with Crippen molar-refractivity contribution >= 4 is 5.97 Å². The van der Waals surface area contributed by atoms with Gasteiger partial charge in [0.15, 0.2) is 0 Å². The zero-order valence-corrected chi connectivity index (χ0v) is 7.97. The molecule has 2 rings (SSSR count). The lowest BCUT2D eigenvalue weighted by Gasteiger charge is -2.11. The highest BCUT2D eigenvalue weighted by Crippen LogP contribution is 2.30. The van der Waals surface area contributed by atoms with E-state index in [0.717, 1.165) is 5.56 Å². The Bertz CT molecular complexity index is 317. The Morgan fingerprint density at radius 1 is 1.50 bits per heavy atom. The van der Waals surface area contributed by atoms with Crippen molar-refractivity contribution in [2.75, 3.05) is 13.7 Å². The number of hydrogen-bond acceptors (Lipinski definition) is 3. The molecule has 1 aliphatic heterocycles. The van der Waals surface area contributed by atoms with Crippen LogP contribution in [0, 0.1) is 0 Å². The van der Waals surface area contributed by atoms with Crippen LogP contribution in [-0.4, -0.2) is 25.8 Å². The van der Waals surface area contributed by atoms with Crippen LogP contribution in [0.3, 0.4) is 0 Å². The van der Waals surface area contributed by atoms with Crippen molar-refractivity contribution in [3.8, 4) is 0 Å². The first-order valence-corrected chi connectivity index (χ1v) is 4.57. The second-order valence-electron chi connectivity index (χ2n) is 3.28. The van der Waals surface area contributed by atoms with Gasteiger partial charge in [-0.05, 0) is 5.56 Å². The molecule has 0 spiro atoms. The summed E-state index contributed by atoms with van der Waals surface area (Å²) in [5, 5.41) is 0. The van der Waals surface area contributed by atoms with E-state index in [1.807, 2.05) is 30.3 Å². The van der Waals surface area contributed by atoms with Crippen molar-refractivity contribution in [2.45, 2.75) is 12.0 Å². The Labute approximate surface area is 82.6 Å². The summed E-state index contributed by atoms with van der Waals surface area (Å²) in [5.41, 5.74) is 0.960. The number of benzene rings is 1. The molecule has 1 aliphatic rings. The molecule has 1 fully saturated rings. The summed E-state index contributed by atoms with van der Waals surface area (Å²) in [6.45, 7) is 0.647. The fourth-order valence-corrected chi connectivity index (χ4v) is 1.54. The molecule has 1 saturated heterocycles. The van der Waals surface area contributed by atoms with E-state index in [0.29, 0.717) is 6.61 Å². The quantitative estimate of drug-likeness (QED) is 0.536. The monoisotopic (exact) mass is 192 g/mol. The van der Waals surface area contributed by atoms with Crippen LogP contribution in [-0.2, 0) is 14.3 Å². The lowest BCUT2D eigenvalue weighted by Crippen LogP contribution is -2.19. The third kappa shape index (κ3) is 1.77. The molecule has 1 aromatic carbocycles. The number of esters is 1. The van der Waals surface area contributed by atoms with Crippen molar-refractivity contribution < 1.29 is 14.3 Å². The van der Waals surface area contributed by atoms with Crippen LogP contribution in [0.2, 0.25) is 0 Å². The molecule has 0 aliphatic carbocycles. The molecule has 0 N–H and O–H groups in total. The van der Waals surface area contributed by atoms with Crippen molar-refractivity contribution in [3.63, 3.8) is 0 Å². The number of ether oxygens (including phenoxy) is 2. The molecule has 2 atom stereocenters. The zero-order chi connectivity index (χ0) is 9.97. The Morgan fingerprint density at radius 2 is 2.14 bits per heavy atom. The predicted octanol–water partition coefficient (Wildman–Crippen LogP) is 1.34. The van der Waals surface area contributed by atoms with Gasteiger partial charge in [0.05, 0.1) is 19.8 Å². The van der Waals surface area contributed by atoms with Crippen molar-refractivity contribution in [2.24, 2.45) is 0 Å². The highest BCUT2D eigenvalue weighted by Gasteiger charge is 2.39. The van der Waals surface area contributed by atoms with Crippen molar-refractivity contribution in [1.29, 1.82) is 0 Å². The van der Waals surface area contributed by atoms with E-state index in [4.69, 9.17) is 9.47 Å². The minimum absolute atomic E-state index is 0.00449. The number of rotatable bonds is 3. The second-order valence-corrected chi connectivity index (χ2v) is 3.28. The predicted molar refractivity (Wildman–Crippen MR) is 50.9 cm³/mol. The molecule has 3 heteroatoms. The van der Waals surface area contributed by atoms with Crippen LogP contribution < -0.4 is 0 Å². The third-order valence-electron chi connectivity index (χ3n) is 2.34. The van der Waals surface area contributed by atoms with Crippen LogP contribution >= 0.6 is 0 Å². The van der Waals surface area contributed by atoms with E-state index >= 15 is 0 Å². The molecule has 0 aromatic heterocycles. The van der Waals surface area contributed by atoms with E-state index in [1.54, 1.807) is 0 Å². The first-order chi connectivity index (χ1) is 6.83. The normalized spacial score (nSPS) is 21.4. The summed E-state index contributed by atoms with van der Waals surface area (Å²) in [7, 11) is 1.40. The van der Waals surface area contributed by atoms with Crippen LogP contribution in [0.4, 0.5) is 0 Å². The summed E-state index contributed by atoms with van der Waals surface area (Å²) < 4.78 is 9.90. The first kappa shape index (κ1) is 9.21. The van der Waals surface area contributed by atoms with Crippen LogP contribution in [0.1, 0.15) is 11.5 Å². The molecule has 0 amide bonds. The van der Waals surface area contributed by atoms with Gasteiger partial charge in [-0.15, -0.1) is 0 Å². The molecule has 0 radical (unpaired) electrons. The van der Waals surface area contributed by atoms with Gasteiger partial charge < -0.3 is 9.47 Å². The van der Waals surface area contributed by atoms with Crippen molar-refractivity contribution in [3.05, 3.63) is 35.9 Å². The fourth-order valence-electron chi connectivity index (χ4n) is 1.54. The molecule has 74 valence electrons. The van der Waals surface area contributed by atoms with Gasteiger partial charge in [0.1, 0.15) is 5.92 Å². The molecule has 1 heterocycles. The standard InChI is InChI=1S/C11H12O3/c1-13-11(12)10(9-7-14-9)8-5-3-2-4-6-8/h2-6,9-10H,7H2,1H3/t9-,10+/m0/s1. The van der Waals surface area contributed by atoms with E-state index in [-0.39, 0.29) is 18.0 Å². The smallest absolute Gasteiger partial charge is 0.315 e. The summed E-state index contributed by atoms with van der Waals surface area (Å²) in [6.07, 6.45) is 0.00449. The maximum absolute atomic E-state index is 11.5. The molecule has 0 unspecified atom stereocenters. The number of hydrogen-bond donors (Lipinski definition) is 0. The minimum Gasteiger partial charge on any atom is -0.468 e. The number of carbonyl (C=O) groups excluding carboxylic acids is 1. The molecule has 14 heavy (non-hydrogen) atoms. The molecule has 1 aromatic rings. The van der Waals surface area contributed by atoms with Gasteiger partial charge in [-0.2, -0.15) is 0 Å². The number of methoxy groups -OCH3 is 1. The molecule has 0 saturated carbocycles. The van der Waals surface area contributed by atoms with Gasteiger partial charge in [0, 0.05) is 0 Å². The highest BCUT2D eigenvalue weighted by atomic mass is 16.6. The van der Waals surface area contributed by atoms with Gasteiger partial charge in [-0.3, -0.25) is 4.79 Å². The van der Waals surface area contributed by atoms with Crippen LogP contribution in [0.5, 0.6) is 0 Å². The molecule has 0 bridgehead atoms. The SMILES string of the molecule is COC(=O)[C@H](c1ccccc1)[C@@H]1CO1. The third-order valence-corrected chi connectivity index (χ3v) is 2.34.